The van der Waals surface area contributed by atoms with Crippen LogP contribution in [0.5, 0.6) is 5.75 Å². The van der Waals surface area contributed by atoms with E-state index in [9.17, 15) is 9.59 Å². The number of anilines is 1. The summed E-state index contributed by atoms with van der Waals surface area (Å²) in [6, 6.07) is 5.85. The smallest absolute Gasteiger partial charge is 0.326 e. The van der Waals surface area contributed by atoms with E-state index in [4.69, 9.17) is 21.6 Å². The predicted molar refractivity (Wildman–Crippen MR) is 65.6 cm³/mol. The molecule has 0 aliphatic carbocycles. The monoisotopic (exact) mass is 267 g/mol. The largest absolute Gasteiger partial charge is 0.495 e. The van der Waals surface area contributed by atoms with E-state index in [0.717, 1.165) is 0 Å². The first-order chi connectivity index (χ1) is 8.62. The maximum absolute atomic E-state index is 11.5. The first-order valence-electron chi connectivity index (χ1n) is 4.86. The molecule has 0 radical (unpaired) electrons. The van der Waals surface area contributed by atoms with Crippen molar-refractivity contribution in [3.05, 3.63) is 23.8 Å². The lowest BCUT2D eigenvalue weighted by atomic mass is 10.2. The number of para-hydroxylation sites is 1. The van der Waals surface area contributed by atoms with Crippen molar-refractivity contribution in [3.8, 4) is 11.8 Å². The number of nitrogens with zero attached hydrogens (tertiary/aromatic N) is 1. The molecular weight excluding hydrogens is 258 g/mol. The number of amides is 3. The topological polar surface area (TPSA) is 91.2 Å². The number of benzene rings is 1. The fraction of sp³-hybridized carbons (Fsp3) is 0.182. The number of rotatable bonds is 3. The van der Waals surface area contributed by atoms with Crippen molar-refractivity contribution in [2.24, 2.45) is 0 Å². The normalized spacial score (nSPS) is 9.17. The number of alkyl halides is 1. The second-order valence-corrected chi connectivity index (χ2v) is 3.40. The highest BCUT2D eigenvalue weighted by Gasteiger charge is 2.13. The molecule has 18 heavy (non-hydrogen) atoms. The average Bonchev–Trinajstić information content (AvgIpc) is 2.38. The summed E-state index contributed by atoms with van der Waals surface area (Å²) in [5.74, 6) is -0.644. The molecular formula is C11H10ClN3O3. The van der Waals surface area contributed by atoms with Gasteiger partial charge in [-0.05, 0) is 12.1 Å². The molecule has 1 rings (SSSR count). The van der Waals surface area contributed by atoms with Gasteiger partial charge in [-0.1, -0.05) is 6.07 Å². The van der Waals surface area contributed by atoms with E-state index in [1.807, 2.05) is 11.4 Å². The zero-order chi connectivity index (χ0) is 13.5. The van der Waals surface area contributed by atoms with E-state index in [1.54, 1.807) is 12.1 Å². The number of nitrogens with one attached hydrogen (secondary N) is 2. The van der Waals surface area contributed by atoms with Gasteiger partial charge in [0.05, 0.1) is 12.7 Å². The van der Waals surface area contributed by atoms with Crippen LogP contribution in [0, 0.1) is 11.3 Å². The minimum atomic E-state index is -0.776. The number of carbonyl (C=O) groups excluding carboxylic acids is 2. The van der Waals surface area contributed by atoms with Crippen LogP contribution in [-0.4, -0.2) is 24.9 Å². The third-order valence-electron chi connectivity index (χ3n) is 1.98. The molecule has 2 N–H and O–H groups in total. The molecule has 0 bridgehead atoms. The van der Waals surface area contributed by atoms with Gasteiger partial charge in [0.2, 0.25) is 5.91 Å². The Bertz CT molecular complexity index is 511. The Balaban J connectivity index is 2.93. The molecule has 0 aromatic heterocycles. The fourth-order valence-corrected chi connectivity index (χ4v) is 1.29. The number of urea groups is 1. The van der Waals surface area contributed by atoms with Crippen molar-refractivity contribution in [1.82, 2.24) is 5.32 Å². The number of hydrogen-bond acceptors (Lipinski definition) is 4. The highest BCUT2D eigenvalue weighted by Crippen LogP contribution is 2.27. The standard InChI is InChI=1S/C11H10ClN3O3/c1-18-8-4-2-3-7(6-13)10(8)15-11(17)14-9(16)5-12/h2-4H,5H2,1H3,(H2,14,15,16,17). The predicted octanol–water partition coefficient (Wildman–Crippen LogP) is 1.45. The number of nitriles is 1. The van der Waals surface area contributed by atoms with Crippen molar-refractivity contribution in [2.45, 2.75) is 0 Å². The molecule has 1 aromatic rings. The molecule has 0 heterocycles. The van der Waals surface area contributed by atoms with E-state index in [2.05, 4.69) is 5.32 Å². The van der Waals surface area contributed by atoms with Crippen molar-refractivity contribution >= 4 is 29.2 Å². The molecule has 6 nitrogen and oxygen atoms in total. The zero-order valence-corrected chi connectivity index (χ0v) is 10.2. The Hall–Kier alpha value is -2.26. The second-order valence-electron chi connectivity index (χ2n) is 3.13. The molecule has 0 aliphatic rings. The van der Waals surface area contributed by atoms with Crippen LogP contribution in [0.25, 0.3) is 0 Å². The number of imide groups is 1. The minimum absolute atomic E-state index is 0.197. The lowest BCUT2D eigenvalue weighted by Gasteiger charge is -2.11. The summed E-state index contributed by atoms with van der Waals surface area (Å²) in [4.78, 5) is 22.4. The molecule has 0 unspecified atom stereocenters. The van der Waals surface area contributed by atoms with Gasteiger partial charge in [0.15, 0.2) is 0 Å². The van der Waals surface area contributed by atoms with Crippen molar-refractivity contribution in [1.29, 1.82) is 5.26 Å². The summed E-state index contributed by atoms with van der Waals surface area (Å²) >= 11 is 5.25. The third kappa shape index (κ3) is 3.37. The molecule has 0 fully saturated rings. The Kier molecular flexibility index (Phi) is 4.96. The summed E-state index contributed by atoms with van der Waals surface area (Å²) in [6.07, 6.45) is 0. The molecule has 1 aromatic carbocycles. The van der Waals surface area contributed by atoms with Crippen LogP contribution in [-0.2, 0) is 4.79 Å². The summed E-state index contributed by atoms with van der Waals surface area (Å²) in [5.41, 5.74) is 0.421. The van der Waals surface area contributed by atoms with Crippen LogP contribution in [0.1, 0.15) is 5.56 Å². The van der Waals surface area contributed by atoms with E-state index < -0.39 is 11.9 Å². The average molecular weight is 268 g/mol. The van der Waals surface area contributed by atoms with Crippen LogP contribution >= 0.6 is 11.6 Å². The van der Waals surface area contributed by atoms with Crippen LogP contribution in [0.2, 0.25) is 0 Å². The van der Waals surface area contributed by atoms with E-state index in [-0.39, 0.29) is 17.1 Å². The Morgan fingerprint density at radius 3 is 2.78 bits per heavy atom. The summed E-state index contributed by atoms with van der Waals surface area (Å²) in [5, 5.41) is 13.3. The molecule has 94 valence electrons. The van der Waals surface area contributed by atoms with Gasteiger partial charge in [-0.15, -0.1) is 11.6 Å². The fourth-order valence-electron chi connectivity index (χ4n) is 1.23. The van der Waals surface area contributed by atoms with Crippen molar-refractivity contribution in [3.63, 3.8) is 0 Å². The van der Waals surface area contributed by atoms with Gasteiger partial charge in [0.25, 0.3) is 0 Å². The van der Waals surface area contributed by atoms with Gasteiger partial charge >= 0.3 is 6.03 Å². The molecule has 7 heteroatoms. The zero-order valence-electron chi connectivity index (χ0n) is 9.49. The number of halogens is 1. The first kappa shape index (κ1) is 13.8. The van der Waals surface area contributed by atoms with Gasteiger partial charge in [0.1, 0.15) is 23.4 Å². The lowest BCUT2D eigenvalue weighted by Crippen LogP contribution is -2.35. The van der Waals surface area contributed by atoms with Gasteiger partial charge < -0.3 is 10.1 Å². The molecule has 0 atom stereocenters. The summed E-state index contributed by atoms with van der Waals surface area (Å²) in [7, 11) is 1.41. The molecule has 0 saturated heterocycles. The van der Waals surface area contributed by atoms with E-state index in [0.29, 0.717) is 5.75 Å². The second kappa shape index (κ2) is 6.47. The van der Waals surface area contributed by atoms with Gasteiger partial charge in [-0.3, -0.25) is 10.1 Å². The van der Waals surface area contributed by atoms with Crippen LogP contribution < -0.4 is 15.4 Å². The Labute approximate surface area is 108 Å². The number of carbonyl (C=O) groups is 2. The van der Waals surface area contributed by atoms with Gasteiger partial charge in [-0.2, -0.15) is 5.26 Å². The molecule has 3 amide bonds. The number of ether oxygens (including phenoxy) is 1. The van der Waals surface area contributed by atoms with Crippen LogP contribution in [0.4, 0.5) is 10.5 Å². The molecule has 0 saturated carbocycles. The first-order valence-corrected chi connectivity index (χ1v) is 5.39. The van der Waals surface area contributed by atoms with Crippen LogP contribution in [0.3, 0.4) is 0 Å². The number of methoxy groups -OCH3 is 1. The highest BCUT2D eigenvalue weighted by atomic mass is 35.5. The quantitative estimate of drug-likeness (QED) is 0.811. The Morgan fingerprint density at radius 2 is 2.22 bits per heavy atom. The third-order valence-corrected chi connectivity index (χ3v) is 2.22. The van der Waals surface area contributed by atoms with Crippen molar-refractivity contribution in [2.75, 3.05) is 18.3 Å². The van der Waals surface area contributed by atoms with Gasteiger partial charge in [0, 0.05) is 0 Å². The Morgan fingerprint density at radius 1 is 1.50 bits per heavy atom. The maximum atomic E-state index is 11.5. The maximum Gasteiger partial charge on any atom is 0.326 e. The SMILES string of the molecule is COc1cccc(C#N)c1NC(=O)NC(=O)CCl. The summed E-state index contributed by atoms with van der Waals surface area (Å²) in [6.45, 7) is 0. The summed E-state index contributed by atoms with van der Waals surface area (Å²) < 4.78 is 5.02. The molecule has 0 aliphatic heterocycles. The highest BCUT2D eigenvalue weighted by molar-refractivity contribution is 6.28. The minimum Gasteiger partial charge on any atom is -0.495 e. The number of hydrogen-bond donors (Lipinski definition) is 2. The molecule has 0 spiro atoms. The van der Waals surface area contributed by atoms with E-state index in [1.165, 1.54) is 13.2 Å². The lowest BCUT2D eigenvalue weighted by molar-refractivity contribution is -0.117. The van der Waals surface area contributed by atoms with Crippen LogP contribution in [0.15, 0.2) is 18.2 Å². The van der Waals surface area contributed by atoms with E-state index >= 15 is 0 Å². The van der Waals surface area contributed by atoms with Gasteiger partial charge in [-0.25, -0.2) is 4.79 Å². The van der Waals surface area contributed by atoms with Crippen molar-refractivity contribution < 1.29 is 14.3 Å².